The van der Waals surface area contributed by atoms with Crippen LogP contribution in [0.5, 0.6) is 0 Å². The van der Waals surface area contributed by atoms with Crippen molar-refractivity contribution < 1.29 is 9.59 Å². The molecule has 0 aliphatic carbocycles. The fourth-order valence-electron chi connectivity index (χ4n) is 3.91. The second-order valence-corrected chi connectivity index (χ2v) is 8.54. The van der Waals surface area contributed by atoms with Crippen molar-refractivity contribution in [3.8, 4) is 0 Å². The molecule has 4 rings (SSSR count). The van der Waals surface area contributed by atoms with E-state index >= 15 is 0 Å². The van der Waals surface area contributed by atoms with Gasteiger partial charge in [-0.3, -0.25) is 9.59 Å². The molecule has 1 unspecified atom stereocenters. The van der Waals surface area contributed by atoms with Gasteiger partial charge in [-0.05, 0) is 25.8 Å². The number of amides is 2. The van der Waals surface area contributed by atoms with E-state index in [-0.39, 0.29) is 17.7 Å². The van der Waals surface area contributed by atoms with Gasteiger partial charge in [0.15, 0.2) is 0 Å². The van der Waals surface area contributed by atoms with E-state index < -0.39 is 0 Å². The summed E-state index contributed by atoms with van der Waals surface area (Å²) in [4.78, 5) is 38.7. The van der Waals surface area contributed by atoms with E-state index in [1.54, 1.807) is 18.3 Å². The lowest BCUT2D eigenvalue weighted by atomic mass is 9.96. The molecule has 6 nitrogen and oxygen atoms in total. The molecule has 2 aromatic heterocycles. The minimum atomic E-state index is 0.0819. The Labute approximate surface area is 163 Å². The molecule has 0 radical (unpaired) electrons. The summed E-state index contributed by atoms with van der Waals surface area (Å²) in [5, 5.41) is 1.93. The zero-order valence-corrected chi connectivity index (χ0v) is 16.6. The molecule has 2 aliphatic rings. The summed E-state index contributed by atoms with van der Waals surface area (Å²) in [6, 6.07) is 1.95. The van der Waals surface area contributed by atoms with Crippen LogP contribution in [0.1, 0.15) is 58.0 Å². The average molecular weight is 385 g/mol. The van der Waals surface area contributed by atoms with Crippen LogP contribution in [-0.2, 0) is 17.8 Å². The van der Waals surface area contributed by atoms with Crippen molar-refractivity contribution in [2.75, 3.05) is 19.6 Å². The number of likely N-dealkylation sites (tertiary alicyclic amines) is 1. The molecule has 0 saturated carbocycles. The van der Waals surface area contributed by atoms with Gasteiger partial charge in [0, 0.05) is 67.5 Å². The lowest BCUT2D eigenvalue weighted by Gasteiger charge is -2.32. The van der Waals surface area contributed by atoms with Crippen molar-refractivity contribution in [3.63, 3.8) is 0 Å². The Bertz CT molecular complexity index is 879. The number of aromatic nitrogens is 2. The number of piperidine rings is 1. The number of thiophene rings is 1. The molecule has 0 spiro atoms. The van der Waals surface area contributed by atoms with E-state index in [9.17, 15) is 9.59 Å². The van der Waals surface area contributed by atoms with Gasteiger partial charge in [0.2, 0.25) is 5.91 Å². The molecule has 7 heteroatoms. The van der Waals surface area contributed by atoms with Crippen LogP contribution in [0, 0.1) is 6.92 Å². The number of aryl methyl sites for hydroxylation is 1. The molecule has 2 amide bonds. The second kappa shape index (κ2) is 7.38. The normalized spacial score (nSPS) is 19.7. The molecular formula is C20H24N4O2S. The predicted octanol–water partition coefficient (Wildman–Crippen LogP) is 2.77. The third-order valence-corrected chi connectivity index (χ3v) is 6.31. The molecule has 2 aliphatic heterocycles. The maximum atomic E-state index is 12.7. The first-order valence-corrected chi connectivity index (χ1v) is 10.3. The van der Waals surface area contributed by atoms with Crippen LogP contribution in [0.15, 0.2) is 17.6 Å². The minimum Gasteiger partial charge on any atom is -0.342 e. The van der Waals surface area contributed by atoms with Gasteiger partial charge in [-0.25, -0.2) is 9.97 Å². The lowest BCUT2D eigenvalue weighted by molar-refractivity contribution is -0.130. The first-order valence-electron chi connectivity index (χ1n) is 9.46. The van der Waals surface area contributed by atoms with Crippen LogP contribution in [0.4, 0.5) is 0 Å². The molecule has 27 heavy (non-hydrogen) atoms. The Balaban J connectivity index is 1.48. The topological polar surface area (TPSA) is 66.4 Å². The predicted molar refractivity (Wildman–Crippen MR) is 104 cm³/mol. The molecule has 0 N–H and O–H groups in total. The van der Waals surface area contributed by atoms with Gasteiger partial charge in [0.05, 0.1) is 11.3 Å². The van der Waals surface area contributed by atoms with Gasteiger partial charge in [-0.15, -0.1) is 11.3 Å². The fraction of sp³-hybridized carbons (Fsp3) is 0.500. The van der Waals surface area contributed by atoms with Crippen LogP contribution in [0.2, 0.25) is 0 Å². The van der Waals surface area contributed by atoms with Gasteiger partial charge < -0.3 is 9.80 Å². The van der Waals surface area contributed by atoms with E-state index in [0.29, 0.717) is 19.6 Å². The van der Waals surface area contributed by atoms with Crippen LogP contribution in [0.25, 0.3) is 0 Å². The van der Waals surface area contributed by atoms with Crippen LogP contribution in [0.3, 0.4) is 0 Å². The number of fused-ring (bicyclic) bond motifs is 1. The molecule has 4 heterocycles. The highest BCUT2D eigenvalue weighted by molar-refractivity contribution is 7.10. The average Bonchev–Trinajstić information content (AvgIpc) is 3.13. The SMILES string of the molecule is CC(=O)N1CCCC(c2ncc3c(n2)CCN(C(=O)c2csc(C)c2)C3)C1. The molecular weight excluding hydrogens is 360 g/mol. The van der Waals surface area contributed by atoms with Gasteiger partial charge in [-0.1, -0.05) is 0 Å². The Kier molecular flexibility index (Phi) is 4.95. The minimum absolute atomic E-state index is 0.0819. The first-order chi connectivity index (χ1) is 13.0. The Morgan fingerprint density at radius 1 is 1.26 bits per heavy atom. The molecule has 1 atom stereocenters. The van der Waals surface area contributed by atoms with E-state index in [1.807, 2.05) is 34.4 Å². The first kappa shape index (κ1) is 18.1. The summed E-state index contributed by atoms with van der Waals surface area (Å²) in [5.41, 5.74) is 2.85. The maximum Gasteiger partial charge on any atom is 0.255 e. The number of carbonyl (C=O) groups is 2. The van der Waals surface area contributed by atoms with Gasteiger partial charge in [-0.2, -0.15) is 0 Å². The Hall–Kier alpha value is -2.28. The summed E-state index contributed by atoms with van der Waals surface area (Å²) in [6.07, 6.45) is 4.64. The largest absolute Gasteiger partial charge is 0.342 e. The van der Waals surface area contributed by atoms with Gasteiger partial charge in [0.1, 0.15) is 5.82 Å². The van der Waals surface area contributed by atoms with Crippen LogP contribution in [-0.4, -0.2) is 51.2 Å². The molecule has 1 fully saturated rings. The molecule has 142 valence electrons. The van der Waals surface area contributed by atoms with Gasteiger partial charge >= 0.3 is 0 Å². The fourth-order valence-corrected chi connectivity index (χ4v) is 4.59. The van der Waals surface area contributed by atoms with Crippen molar-refractivity contribution in [2.45, 2.75) is 45.6 Å². The van der Waals surface area contributed by atoms with E-state index in [1.165, 1.54) is 0 Å². The van der Waals surface area contributed by atoms with E-state index in [4.69, 9.17) is 4.98 Å². The smallest absolute Gasteiger partial charge is 0.255 e. The summed E-state index contributed by atoms with van der Waals surface area (Å²) in [6.45, 7) is 6.42. The summed E-state index contributed by atoms with van der Waals surface area (Å²) < 4.78 is 0. The van der Waals surface area contributed by atoms with Crippen molar-refractivity contribution >= 4 is 23.2 Å². The monoisotopic (exact) mass is 384 g/mol. The molecule has 0 bridgehead atoms. The van der Waals surface area contributed by atoms with Crippen molar-refractivity contribution in [3.05, 3.63) is 45.2 Å². The summed E-state index contributed by atoms with van der Waals surface area (Å²) in [7, 11) is 0. The third kappa shape index (κ3) is 3.74. The zero-order valence-electron chi connectivity index (χ0n) is 15.8. The maximum absolute atomic E-state index is 12.7. The number of carbonyl (C=O) groups excluding carboxylic acids is 2. The standard InChI is InChI=1S/C20H24N4O2S/c1-13-8-16(12-27-13)20(26)24-7-5-18-17(11-24)9-21-19(22-18)15-4-3-6-23(10-15)14(2)25/h8-9,12,15H,3-7,10-11H2,1-2H3. The Morgan fingerprint density at radius 3 is 2.85 bits per heavy atom. The molecule has 2 aromatic rings. The molecule has 0 aromatic carbocycles. The number of hydrogen-bond acceptors (Lipinski definition) is 5. The number of rotatable bonds is 2. The highest BCUT2D eigenvalue weighted by Gasteiger charge is 2.28. The summed E-state index contributed by atoms with van der Waals surface area (Å²) in [5.74, 6) is 1.25. The molecule has 1 saturated heterocycles. The van der Waals surface area contributed by atoms with Crippen molar-refractivity contribution in [1.82, 2.24) is 19.8 Å². The van der Waals surface area contributed by atoms with E-state index in [2.05, 4.69) is 4.98 Å². The Morgan fingerprint density at radius 2 is 2.11 bits per heavy atom. The zero-order chi connectivity index (χ0) is 19.0. The second-order valence-electron chi connectivity index (χ2n) is 7.43. The number of hydrogen-bond donors (Lipinski definition) is 0. The highest BCUT2D eigenvalue weighted by Crippen LogP contribution is 2.27. The highest BCUT2D eigenvalue weighted by atomic mass is 32.1. The van der Waals surface area contributed by atoms with Gasteiger partial charge in [0.25, 0.3) is 5.91 Å². The number of nitrogens with zero attached hydrogens (tertiary/aromatic N) is 4. The van der Waals surface area contributed by atoms with Crippen LogP contribution >= 0.6 is 11.3 Å². The van der Waals surface area contributed by atoms with Crippen LogP contribution < -0.4 is 0 Å². The lowest BCUT2D eigenvalue weighted by Crippen LogP contribution is -2.39. The van der Waals surface area contributed by atoms with Crippen molar-refractivity contribution in [1.29, 1.82) is 0 Å². The quantitative estimate of drug-likeness (QED) is 0.799. The van der Waals surface area contributed by atoms with Crippen molar-refractivity contribution in [2.24, 2.45) is 0 Å². The third-order valence-electron chi connectivity index (χ3n) is 5.45. The van der Waals surface area contributed by atoms with E-state index in [0.717, 1.165) is 53.3 Å². The summed E-state index contributed by atoms with van der Waals surface area (Å²) >= 11 is 1.60.